The lowest BCUT2D eigenvalue weighted by Crippen LogP contribution is -2.16. The van der Waals surface area contributed by atoms with Crippen LogP contribution < -0.4 is 5.73 Å². The number of aryl methyl sites for hydroxylation is 1. The van der Waals surface area contributed by atoms with Gasteiger partial charge in [0.1, 0.15) is 5.82 Å². The fourth-order valence-corrected chi connectivity index (χ4v) is 1.80. The SMILES string of the molecule is Cc1ccc(C(N)c2cc(C(F)(F)F)ccc2F)cn1. The highest BCUT2D eigenvalue weighted by molar-refractivity contribution is 5.35. The third-order valence-corrected chi connectivity index (χ3v) is 2.95. The minimum atomic E-state index is -4.53. The molecule has 0 saturated carbocycles. The topological polar surface area (TPSA) is 38.9 Å². The predicted octanol–water partition coefficient (Wildman–Crippen LogP) is 3.60. The Balaban J connectivity index is 2.43. The molecule has 2 N–H and O–H groups in total. The van der Waals surface area contributed by atoms with Crippen molar-refractivity contribution in [3.63, 3.8) is 0 Å². The molecule has 0 aliphatic heterocycles. The molecule has 0 saturated heterocycles. The molecule has 1 aromatic heterocycles. The first kappa shape index (κ1) is 14.5. The van der Waals surface area contributed by atoms with Gasteiger partial charge in [0.25, 0.3) is 0 Å². The summed E-state index contributed by atoms with van der Waals surface area (Å²) in [4.78, 5) is 4.00. The summed E-state index contributed by atoms with van der Waals surface area (Å²) >= 11 is 0. The summed E-state index contributed by atoms with van der Waals surface area (Å²) in [5, 5.41) is 0. The molecule has 1 aromatic carbocycles. The highest BCUT2D eigenvalue weighted by Gasteiger charge is 2.31. The number of hydrogen-bond acceptors (Lipinski definition) is 2. The Morgan fingerprint density at radius 3 is 2.40 bits per heavy atom. The fraction of sp³-hybridized carbons (Fsp3) is 0.214. The van der Waals surface area contributed by atoms with Gasteiger partial charge in [-0.1, -0.05) is 6.07 Å². The third-order valence-electron chi connectivity index (χ3n) is 2.95. The van der Waals surface area contributed by atoms with E-state index in [1.165, 1.54) is 6.20 Å². The number of nitrogens with two attached hydrogens (primary N) is 1. The Morgan fingerprint density at radius 2 is 1.85 bits per heavy atom. The zero-order valence-corrected chi connectivity index (χ0v) is 10.6. The maximum absolute atomic E-state index is 13.7. The van der Waals surface area contributed by atoms with Gasteiger partial charge in [0, 0.05) is 17.5 Å². The van der Waals surface area contributed by atoms with Crippen molar-refractivity contribution in [2.24, 2.45) is 5.73 Å². The van der Waals surface area contributed by atoms with Crippen LogP contribution in [0.2, 0.25) is 0 Å². The maximum Gasteiger partial charge on any atom is 0.416 e. The number of alkyl halides is 3. The maximum atomic E-state index is 13.7. The fourth-order valence-electron chi connectivity index (χ4n) is 1.80. The van der Waals surface area contributed by atoms with E-state index in [0.717, 1.165) is 17.8 Å². The first-order valence-electron chi connectivity index (χ1n) is 5.84. The van der Waals surface area contributed by atoms with Gasteiger partial charge in [-0.25, -0.2) is 4.39 Å². The number of hydrogen-bond donors (Lipinski definition) is 1. The Labute approximate surface area is 113 Å². The summed E-state index contributed by atoms with van der Waals surface area (Å²) in [6.45, 7) is 1.76. The first-order chi connectivity index (χ1) is 9.29. The monoisotopic (exact) mass is 284 g/mol. The van der Waals surface area contributed by atoms with Crippen LogP contribution in [0.15, 0.2) is 36.5 Å². The first-order valence-corrected chi connectivity index (χ1v) is 5.84. The van der Waals surface area contributed by atoms with Gasteiger partial charge in [0.05, 0.1) is 11.6 Å². The smallest absolute Gasteiger partial charge is 0.320 e. The molecule has 1 heterocycles. The highest BCUT2D eigenvalue weighted by atomic mass is 19.4. The summed E-state index contributed by atoms with van der Waals surface area (Å²) < 4.78 is 51.6. The molecule has 0 radical (unpaired) electrons. The van der Waals surface area contributed by atoms with E-state index in [9.17, 15) is 17.6 Å². The molecule has 2 nitrogen and oxygen atoms in total. The number of aromatic nitrogens is 1. The van der Waals surface area contributed by atoms with Crippen LogP contribution in [0.3, 0.4) is 0 Å². The van der Waals surface area contributed by atoms with Crippen molar-refractivity contribution in [1.82, 2.24) is 4.98 Å². The zero-order valence-electron chi connectivity index (χ0n) is 10.6. The van der Waals surface area contributed by atoms with E-state index in [1.807, 2.05) is 0 Å². The molecule has 1 unspecified atom stereocenters. The average molecular weight is 284 g/mol. The summed E-state index contributed by atoms with van der Waals surface area (Å²) in [6.07, 6.45) is -3.10. The summed E-state index contributed by atoms with van der Waals surface area (Å²) in [6, 6.07) is 4.50. The number of pyridine rings is 1. The highest BCUT2D eigenvalue weighted by Crippen LogP contribution is 2.32. The average Bonchev–Trinajstić information content (AvgIpc) is 2.38. The second kappa shape index (κ2) is 5.20. The van der Waals surface area contributed by atoms with Crippen LogP contribution in [-0.4, -0.2) is 4.98 Å². The lowest BCUT2D eigenvalue weighted by Gasteiger charge is -2.15. The van der Waals surface area contributed by atoms with Crippen molar-refractivity contribution in [3.05, 3.63) is 64.7 Å². The molecule has 0 aliphatic carbocycles. The molecular formula is C14H12F4N2. The van der Waals surface area contributed by atoms with Crippen LogP contribution in [0.1, 0.15) is 28.4 Å². The summed E-state index contributed by atoms with van der Waals surface area (Å²) in [7, 11) is 0. The van der Waals surface area contributed by atoms with Crippen LogP contribution >= 0.6 is 0 Å². The molecule has 1 atom stereocenters. The van der Waals surface area contributed by atoms with Gasteiger partial charge in [-0.2, -0.15) is 13.2 Å². The van der Waals surface area contributed by atoms with E-state index < -0.39 is 23.6 Å². The van der Waals surface area contributed by atoms with E-state index in [1.54, 1.807) is 19.1 Å². The van der Waals surface area contributed by atoms with Gasteiger partial charge >= 0.3 is 6.18 Å². The van der Waals surface area contributed by atoms with Gasteiger partial charge in [0.2, 0.25) is 0 Å². The summed E-state index contributed by atoms with van der Waals surface area (Å²) in [5.74, 6) is -0.772. The Kier molecular flexibility index (Phi) is 3.76. The Morgan fingerprint density at radius 1 is 1.15 bits per heavy atom. The largest absolute Gasteiger partial charge is 0.416 e. The summed E-state index contributed by atoms with van der Waals surface area (Å²) in [5.41, 5.74) is 5.90. The normalized spacial score (nSPS) is 13.3. The molecule has 106 valence electrons. The van der Waals surface area contributed by atoms with E-state index in [4.69, 9.17) is 5.73 Å². The molecule has 0 amide bonds. The molecular weight excluding hydrogens is 272 g/mol. The second-order valence-electron chi connectivity index (χ2n) is 4.44. The third kappa shape index (κ3) is 2.96. The molecule has 2 rings (SSSR count). The van der Waals surface area contributed by atoms with Gasteiger partial charge in [-0.15, -0.1) is 0 Å². The van der Waals surface area contributed by atoms with Crippen LogP contribution in [0.4, 0.5) is 17.6 Å². The quantitative estimate of drug-likeness (QED) is 0.856. The van der Waals surface area contributed by atoms with Crippen LogP contribution in [0.25, 0.3) is 0 Å². The lowest BCUT2D eigenvalue weighted by molar-refractivity contribution is -0.137. The number of benzene rings is 1. The van der Waals surface area contributed by atoms with Crippen LogP contribution in [-0.2, 0) is 6.18 Å². The van der Waals surface area contributed by atoms with Crippen molar-refractivity contribution in [3.8, 4) is 0 Å². The molecule has 0 bridgehead atoms. The van der Waals surface area contributed by atoms with Crippen LogP contribution in [0, 0.1) is 12.7 Å². The zero-order chi connectivity index (χ0) is 14.9. The second-order valence-corrected chi connectivity index (χ2v) is 4.44. The minimum absolute atomic E-state index is 0.203. The number of halogens is 4. The van der Waals surface area contributed by atoms with E-state index in [-0.39, 0.29) is 5.56 Å². The molecule has 0 spiro atoms. The van der Waals surface area contributed by atoms with E-state index >= 15 is 0 Å². The number of rotatable bonds is 2. The molecule has 20 heavy (non-hydrogen) atoms. The van der Waals surface area contributed by atoms with Crippen LogP contribution in [0.5, 0.6) is 0 Å². The van der Waals surface area contributed by atoms with Crippen molar-refractivity contribution >= 4 is 0 Å². The Hall–Kier alpha value is -1.95. The predicted molar refractivity (Wildman–Crippen MR) is 66.4 cm³/mol. The van der Waals surface area contributed by atoms with Gasteiger partial charge in [-0.05, 0) is 36.8 Å². The minimum Gasteiger partial charge on any atom is -0.320 e. The van der Waals surface area contributed by atoms with E-state index in [0.29, 0.717) is 11.6 Å². The standard InChI is InChI=1S/C14H12F4N2/c1-8-2-3-9(7-20-8)13(19)11-6-10(14(16,17)18)4-5-12(11)15/h2-7,13H,19H2,1H3. The van der Waals surface area contributed by atoms with Crippen molar-refractivity contribution < 1.29 is 17.6 Å². The van der Waals surface area contributed by atoms with Crippen molar-refractivity contribution in [1.29, 1.82) is 0 Å². The molecule has 0 aliphatic rings. The van der Waals surface area contributed by atoms with Gasteiger partial charge < -0.3 is 5.73 Å². The van der Waals surface area contributed by atoms with Crippen molar-refractivity contribution in [2.45, 2.75) is 19.1 Å². The Bertz CT molecular complexity index is 606. The molecule has 6 heteroatoms. The van der Waals surface area contributed by atoms with Crippen molar-refractivity contribution in [2.75, 3.05) is 0 Å². The molecule has 0 fully saturated rings. The van der Waals surface area contributed by atoms with E-state index in [2.05, 4.69) is 4.98 Å². The number of nitrogens with zero attached hydrogens (tertiary/aromatic N) is 1. The lowest BCUT2D eigenvalue weighted by atomic mass is 9.98. The molecule has 2 aromatic rings. The van der Waals surface area contributed by atoms with Gasteiger partial charge in [0.15, 0.2) is 0 Å². The van der Waals surface area contributed by atoms with Gasteiger partial charge in [-0.3, -0.25) is 4.98 Å².